The van der Waals surface area contributed by atoms with Gasteiger partial charge in [-0.2, -0.15) is 9.36 Å². The van der Waals surface area contributed by atoms with Crippen molar-refractivity contribution in [3.05, 3.63) is 35.9 Å². The SMILES string of the molecule is CCCCCCCCCCNc1nsc(N(C)Cc2ccccc2)n1. The number of unbranched alkanes of at least 4 members (excludes halogenated alkanes) is 7. The molecule has 0 radical (unpaired) electrons. The molecular weight excluding hydrogens is 328 g/mol. The third-order valence-corrected chi connectivity index (χ3v) is 5.15. The van der Waals surface area contributed by atoms with E-state index in [4.69, 9.17) is 0 Å². The van der Waals surface area contributed by atoms with E-state index < -0.39 is 0 Å². The van der Waals surface area contributed by atoms with Crippen molar-refractivity contribution in [2.75, 3.05) is 23.8 Å². The van der Waals surface area contributed by atoms with Crippen LogP contribution < -0.4 is 10.2 Å². The standard InChI is InChI=1S/C20H32N4S/c1-3-4-5-6-7-8-9-13-16-21-19-22-20(25-23-19)24(2)17-18-14-11-10-12-15-18/h10-12,14-15H,3-9,13,16-17H2,1-2H3,(H,21,23). The molecule has 0 fully saturated rings. The van der Waals surface area contributed by atoms with Gasteiger partial charge >= 0.3 is 0 Å². The molecule has 0 spiro atoms. The Morgan fingerprint density at radius 2 is 1.64 bits per heavy atom. The average molecular weight is 361 g/mol. The summed E-state index contributed by atoms with van der Waals surface area (Å²) in [6, 6.07) is 10.5. The number of hydrogen-bond donors (Lipinski definition) is 1. The molecule has 0 saturated carbocycles. The summed E-state index contributed by atoms with van der Waals surface area (Å²) in [5.41, 5.74) is 1.29. The Morgan fingerprint density at radius 3 is 2.36 bits per heavy atom. The Labute approximate surface area is 156 Å². The predicted octanol–water partition coefficient (Wildman–Crippen LogP) is 5.73. The Bertz CT molecular complexity index is 570. The summed E-state index contributed by atoms with van der Waals surface area (Å²) in [7, 11) is 2.07. The van der Waals surface area contributed by atoms with Gasteiger partial charge in [-0.1, -0.05) is 82.2 Å². The molecule has 0 atom stereocenters. The number of anilines is 2. The lowest BCUT2D eigenvalue weighted by atomic mass is 10.1. The summed E-state index contributed by atoms with van der Waals surface area (Å²) in [6.45, 7) is 4.09. The van der Waals surface area contributed by atoms with Crippen molar-refractivity contribution in [1.29, 1.82) is 0 Å². The van der Waals surface area contributed by atoms with Crippen LogP contribution in [0.25, 0.3) is 0 Å². The van der Waals surface area contributed by atoms with Crippen LogP contribution in [0.2, 0.25) is 0 Å². The van der Waals surface area contributed by atoms with Crippen molar-refractivity contribution in [1.82, 2.24) is 9.36 Å². The van der Waals surface area contributed by atoms with E-state index in [9.17, 15) is 0 Å². The van der Waals surface area contributed by atoms with E-state index in [1.807, 2.05) is 6.07 Å². The zero-order valence-corrected chi connectivity index (χ0v) is 16.5. The largest absolute Gasteiger partial charge is 0.353 e. The van der Waals surface area contributed by atoms with Crippen LogP contribution in [0.15, 0.2) is 30.3 Å². The molecule has 0 aliphatic carbocycles. The van der Waals surface area contributed by atoms with Crippen LogP contribution in [0.3, 0.4) is 0 Å². The minimum absolute atomic E-state index is 0.767. The molecule has 1 heterocycles. The fourth-order valence-corrected chi connectivity index (χ4v) is 3.43. The molecule has 1 N–H and O–H groups in total. The van der Waals surface area contributed by atoms with E-state index in [-0.39, 0.29) is 0 Å². The summed E-state index contributed by atoms with van der Waals surface area (Å²) >= 11 is 1.46. The molecule has 1 aromatic heterocycles. The summed E-state index contributed by atoms with van der Waals surface area (Å²) in [4.78, 5) is 6.74. The molecule has 0 unspecified atom stereocenters. The molecule has 0 bridgehead atoms. The Kier molecular flexibility index (Phi) is 9.34. The first-order valence-electron chi connectivity index (χ1n) is 9.62. The van der Waals surface area contributed by atoms with Gasteiger partial charge in [-0.05, 0) is 12.0 Å². The maximum absolute atomic E-state index is 4.60. The van der Waals surface area contributed by atoms with Gasteiger partial charge in [-0.25, -0.2) is 0 Å². The van der Waals surface area contributed by atoms with E-state index in [1.54, 1.807) is 0 Å². The van der Waals surface area contributed by atoms with Gasteiger partial charge in [0, 0.05) is 31.7 Å². The van der Waals surface area contributed by atoms with Crippen molar-refractivity contribution < 1.29 is 0 Å². The second kappa shape index (κ2) is 11.9. The molecule has 2 aromatic rings. The monoisotopic (exact) mass is 360 g/mol. The first-order chi connectivity index (χ1) is 12.3. The second-order valence-electron chi connectivity index (χ2n) is 6.64. The van der Waals surface area contributed by atoms with E-state index in [1.165, 1.54) is 68.5 Å². The molecule has 138 valence electrons. The number of benzene rings is 1. The summed E-state index contributed by atoms with van der Waals surface area (Å²) < 4.78 is 4.42. The van der Waals surface area contributed by atoms with Gasteiger partial charge in [0.05, 0.1) is 0 Å². The molecule has 0 aliphatic rings. The highest BCUT2D eigenvalue weighted by atomic mass is 32.1. The van der Waals surface area contributed by atoms with Crippen molar-refractivity contribution in [2.45, 2.75) is 64.8 Å². The van der Waals surface area contributed by atoms with Crippen molar-refractivity contribution in [3.8, 4) is 0 Å². The minimum Gasteiger partial charge on any atom is -0.353 e. The van der Waals surface area contributed by atoms with Crippen LogP contribution in [0.5, 0.6) is 0 Å². The second-order valence-corrected chi connectivity index (χ2v) is 7.37. The molecule has 2 rings (SSSR count). The lowest BCUT2D eigenvalue weighted by Gasteiger charge is -2.14. The normalized spacial score (nSPS) is 10.8. The van der Waals surface area contributed by atoms with Crippen molar-refractivity contribution in [2.24, 2.45) is 0 Å². The third-order valence-electron chi connectivity index (χ3n) is 4.32. The maximum Gasteiger partial charge on any atom is 0.236 e. The molecule has 0 aliphatic heterocycles. The highest BCUT2D eigenvalue weighted by Crippen LogP contribution is 2.20. The number of rotatable bonds is 13. The van der Waals surface area contributed by atoms with E-state index in [0.717, 1.165) is 24.2 Å². The van der Waals surface area contributed by atoms with Gasteiger partial charge < -0.3 is 10.2 Å². The molecule has 5 heteroatoms. The molecule has 0 saturated heterocycles. The van der Waals surface area contributed by atoms with Crippen molar-refractivity contribution in [3.63, 3.8) is 0 Å². The highest BCUT2D eigenvalue weighted by Gasteiger charge is 2.08. The van der Waals surface area contributed by atoms with Gasteiger partial charge in [0.15, 0.2) is 0 Å². The Hall–Kier alpha value is -1.62. The quantitative estimate of drug-likeness (QED) is 0.463. The van der Waals surface area contributed by atoms with Crippen molar-refractivity contribution >= 4 is 22.6 Å². The average Bonchev–Trinajstić information content (AvgIpc) is 3.10. The zero-order valence-electron chi connectivity index (χ0n) is 15.7. The van der Waals surface area contributed by atoms with Crippen LogP contribution in [0.4, 0.5) is 11.1 Å². The summed E-state index contributed by atoms with van der Waals surface area (Å²) in [5, 5.41) is 4.32. The van der Waals surface area contributed by atoms with Crippen LogP contribution in [-0.4, -0.2) is 22.9 Å². The van der Waals surface area contributed by atoms with Gasteiger partial charge in [-0.15, -0.1) is 0 Å². The lowest BCUT2D eigenvalue weighted by Crippen LogP contribution is -2.16. The summed E-state index contributed by atoms with van der Waals surface area (Å²) in [5.74, 6) is 0.767. The first kappa shape index (κ1) is 19.7. The number of nitrogens with zero attached hydrogens (tertiary/aromatic N) is 3. The topological polar surface area (TPSA) is 41.1 Å². The number of nitrogens with one attached hydrogen (secondary N) is 1. The molecule has 4 nitrogen and oxygen atoms in total. The maximum atomic E-state index is 4.60. The zero-order chi connectivity index (χ0) is 17.7. The van der Waals surface area contributed by atoms with Crippen LogP contribution in [-0.2, 0) is 6.54 Å². The number of hydrogen-bond acceptors (Lipinski definition) is 5. The lowest BCUT2D eigenvalue weighted by molar-refractivity contribution is 0.581. The molecular formula is C20H32N4S. The predicted molar refractivity (Wildman–Crippen MR) is 110 cm³/mol. The minimum atomic E-state index is 0.767. The van der Waals surface area contributed by atoms with Gasteiger partial charge in [0.1, 0.15) is 0 Å². The van der Waals surface area contributed by atoms with Gasteiger partial charge in [0.25, 0.3) is 0 Å². The highest BCUT2D eigenvalue weighted by molar-refractivity contribution is 7.09. The molecule has 25 heavy (non-hydrogen) atoms. The van der Waals surface area contributed by atoms with E-state index in [0.29, 0.717) is 0 Å². The van der Waals surface area contributed by atoms with E-state index >= 15 is 0 Å². The fourth-order valence-electron chi connectivity index (χ4n) is 2.83. The first-order valence-corrected chi connectivity index (χ1v) is 10.4. The Balaban J connectivity index is 1.59. The van der Waals surface area contributed by atoms with Crippen LogP contribution in [0, 0.1) is 0 Å². The Morgan fingerprint density at radius 1 is 0.960 bits per heavy atom. The molecule has 1 aromatic carbocycles. The van der Waals surface area contributed by atoms with Gasteiger partial charge in [0.2, 0.25) is 11.1 Å². The van der Waals surface area contributed by atoms with E-state index in [2.05, 4.69) is 57.8 Å². The smallest absolute Gasteiger partial charge is 0.236 e. The van der Waals surface area contributed by atoms with Gasteiger partial charge in [-0.3, -0.25) is 0 Å². The summed E-state index contributed by atoms with van der Waals surface area (Å²) in [6.07, 6.45) is 10.7. The fraction of sp³-hybridized carbons (Fsp3) is 0.600. The third kappa shape index (κ3) is 7.86. The van der Waals surface area contributed by atoms with Crippen LogP contribution >= 0.6 is 11.5 Å². The van der Waals surface area contributed by atoms with Crippen LogP contribution in [0.1, 0.15) is 63.9 Å². The number of aromatic nitrogens is 2. The molecule has 0 amide bonds.